The molecule has 1 fully saturated rings. The van der Waals surface area contributed by atoms with Crippen molar-refractivity contribution in [2.45, 2.75) is 33.2 Å². The minimum absolute atomic E-state index is 0.838. The van der Waals surface area contributed by atoms with Crippen LogP contribution in [0.2, 0.25) is 0 Å². The van der Waals surface area contributed by atoms with Crippen LogP contribution in [0.25, 0.3) is 0 Å². The molecule has 0 N–H and O–H groups in total. The summed E-state index contributed by atoms with van der Waals surface area (Å²) in [6.07, 6.45) is 1.39. The first kappa shape index (κ1) is 11.9. The van der Waals surface area contributed by atoms with Crippen LogP contribution in [0.4, 0.5) is 0 Å². The van der Waals surface area contributed by atoms with Crippen LogP contribution in [0.5, 0.6) is 0 Å². The van der Waals surface area contributed by atoms with E-state index in [1.54, 1.807) is 0 Å². The Hall–Kier alpha value is -0.0800. The highest BCUT2D eigenvalue weighted by Gasteiger charge is 2.24. The van der Waals surface area contributed by atoms with Gasteiger partial charge in [-0.2, -0.15) is 0 Å². The summed E-state index contributed by atoms with van der Waals surface area (Å²) in [6.45, 7) is 9.91. The van der Waals surface area contributed by atoms with E-state index in [2.05, 4.69) is 30.8 Å². The molecule has 74 valence electrons. The van der Waals surface area contributed by atoms with Gasteiger partial charge in [0, 0.05) is 12.6 Å². The van der Waals surface area contributed by atoms with Gasteiger partial charge in [-0.3, -0.25) is 0 Å². The third-order valence-electron chi connectivity index (χ3n) is 2.50. The molecule has 0 radical (unpaired) electrons. The third kappa shape index (κ3) is 3.55. The first-order valence-corrected chi connectivity index (χ1v) is 5.12. The average Bonchev–Trinajstić information content (AvgIpc) is 2.14. The van der Waals surface area contributed by atoms with Gasteiger partial charge in [-0.05, 0) is 33.6 Å². The Bertz CT molecular complexity index is 104. The molecule has 1 aliphatic rings. The highest BCUT2D eigenvalue weighted by molar-refractivity contribution is 4.81. The van der Waals surface area contributed by atoms with Gasteiger partial charge in [0.05, 0.1) is 0 Å². The number of likely N-dealkylation sites (tertiary alicyclic amines) is 1. The number of likely N-dealkylation sites (N-methyl/N-ethyl adjacent to an activating group) is 2. The van der Waals surface area contributed by atoms with E-state index in [1.807, 2.05) is 13.8 Å². The van der Waals surface area contributed by atoms with Crippen LogP contribution in [0.3, 0.4) is 0 Å². The van der Waals surface area contributed by atoms with Gasteiger partial charge in [0.1, 0.15) is 0 Å². The van der Waals surface area contributed by atoms with Crippen LogP contribution in [-0.4, -0.2) is 49.6 Å². The van der Waals surface area contributed by atoms with Crippen LogP contribution in [0.15, 0.2) is 0 Å². The lowest BCUT2D eigenvalue weighted by Gasteiger charge is -2.39. The third-order valence-corrected chi connectivity index (χ3v) is 2.50. The molecule has 0 aromatic rings. The fraction of sp³-hybridized carbons (Fsp3) is 1.00. The minimum Gasteiger partial charge on any atom is -0.305 e. The number of nitrogens with zero attached hydrogens (tertiary/aromatic N) is 2. The van der Waals surface area contributed by atoms with Crippen LogP contribution < -0.4 is 0 Å². The Morgan fingerprint density at radius 1 is 1.42 bits per heavy atom. The summed E-state index contributed by atoms with van der Waals surface area (Å²) in [5.74, 6) is 0. The normalized spacial score (nSPS) is 23.0. The van der Waals surface area contributed by atoms with Crippen LogP contribution in [0.1, 0.15) is 27.2 Å². The van der Waals surface area contributed by atoms with E-state index in [0.29, 0.717) is 0 Å². The molecule has 0 aromatic heterocycles. The molecule has 0 aliphatic carbocycles. The SMILES string of the molecule is CC.CCN(C)CC1CCN1C. The summed E-state index contributed by atoms with van der Waals surface area (Å²) in [5, 5.41) is 0. The van der Waals surface area contributed by atoms with Gasteiger partial charge in [-0.15, -0.1) is 0 Å². The van der Waals surface area contributed by atoms with Gasteiger partial charge in [-0.1, -0.05) is 20.8 Å². The van der Waals surface area contributed by atoms with Crippen molar-refractivity contribution in [1.29, 1.82) is 0 Å². The van der Waals surface area contributed by atoms with Crippen molar-refractivity contribution in [3.63, 3.8) is 0 Å². The van der Waals surface area contributed by atoms with Crippen molar-refractivity contribution in [1.82, 2.24) is 9.80 Å². The molecule has 1 aliphatic heterocycles. The van der Waals surface area contributed by atoms with E-state index in [4.69, 9.17) is 0 Å². The minimum atomic E-state index is 0.838. The lowest BCUT2D eigenvalue weighted by atomic mass is 10.0. The summed E-state index contributed by atoms with van der Waals surface area (Å²) in [4.78, 5) is 4.80. The maximum atomic E-state index is 2.42. The summed E-state index contributed by atoms with van der Waals surface area (Å²) in [7, 11) is 4.39. The Morgan fingerprint density at radius 3 is 2.25 bits per heavy atom. The predicted octanol–water partition coefficient (Wildman–Crippen LogP) is 1.67. The second-order valence-corrected chi connectivity index (χ2v) is 3.28. The van der Waals surface area contributed by atoms with Crippen molar-refractivity contribution in [2.24, 2.45) is 0 Å². The Morgan fingerprint density at radius 2 is 2.00 bits per heavy atom. The Labute approximate surface area is 77.5 Å². The fourth-order valence-electron chi connectivity index (χ4n) is 1.29. The predicted molar refractivity (Wildman–Crippen MR) is 55.6 cm³/mol. The van der Waals surface area contributed by atoms with Gasteiger partial charge in [0.25, 0.3) is 0 Å². The first-order chi connectivity index (χ1) is 5.74. The molecule has 1 saturated heterocycles. The molecule has 1 heterocycles. The van der Waals surface area contributed by atoms with Gasteiger partial charge in [0.2, 0.25) is 0 Å². The Kier molecular flexibility index (Phi) is 6.39. The van der Waals surface area contributed by atoms with Crippen molar-refractivity contribution in [3.05, 3.63) is 0 Å². The van der Waals surface area contributed by atoms with E-state index in [-0.39, 0.29) is 0 Å². The molecule has 2 nitrogen and oxygen atoms in total. The van der Waals surface area contributed by atoms with Gasteiger partial charge < -0.3 is 9.80 Å². The second-order valence-electron chi connectivity index (χ2n) is 3.28. The summed E-state index contributed by atoms with van der Waals surface area (Å²) in [6, 6.07) is 0.838. The quantitative estimate of drug-likeness (QED) is 0.639. The van der Waals surface area contributed by atoms with E-state index in [9.17, 15) is 0 Å². The van der Waals surface area contributed by atoms with E-state index < -0.39 is 0 Å². The molecular weight excluding hydrogens is 148 g/mol. The van der Waals surface area contributed by atoms with Crippen LogP contribution in [-0.2, 0) is 0 Å². The zero-order valence-electron chi connectivity index (χ0n) is 9.30. The lowest BCUT2D eigenvalue weighted by Crippen LogP contribution is -2.50. The molecule has 0 spiro atoms. The van der Waals surface area contributed by atoms with Crippen LogP contribution in [0, 0.1) is 0 Å². The van der Waals surface area contributed by atoms with E-state index in [1.165, 1.54) is 26.1 Å². The fourth-order valence-corrected chi connectivity index (χ4v) is 1.29. The molecule has 1 atom stereocenters. The number of rotatable bonds is 3. The van der Waals surface area contributed by atoms with E-state index >= 15 is 0 Å². The van der Waals surface area contributed by atoms with Crippen molar-refractivity contribution >= 4 is 0 Å². The van der Waals surface area contributed by atoms with Crippen molar-refractivity contribution in [3.8, 4) is 0 Å². The van der Waals surface area contributed by atoms with Crippen molar-refractivity contribution in [2.75, 3.05) is 33.7 Å². The molecule has 0 bridgehead atoms. The van der Waals surface area contributed by atoms with Crippen LogP contribution >= 0.6 is 0 Å². The van der Waals surface area contributed by atoms with Crippen molar-refractivity contribution < 1.29 is 0 Å². The molecule has 1 unspecified atom stereocenters. The van der Waals surface area contributed by atoms with Gasteiger partial charge in [-0.25, -0.2) is 0 Å². The average molecular weight is 172 g/mol. The van der Waals surface area contributed by atoms with E-state index in [0.717, 1.165) is 6.04 Å². The lowest BCUT2D eigenvalue weighted by molar-refractivity contribution is 0.0932. The highest BCUT2D eigenvalue weighted by atomic mass is 15.2. The largest absolute Gasteiger partial charge is 0.305 e. The zero-order chi connectivity index (χ0) is 9.56. The van der Waals surface area contributed by atoms with Gasteiger partial charge >= 0.3 is 0 Å². The van der Waals surface area contributed by atoms with Gasteiger partial charge in [0.15, 0.2) is 0 Å². The maximum absolute atomic E-state index is 2.42. The Balaban J connectivity index is 0.000000561. The highest BCUT2D eigenvalue weighted by Crippen LogP contribution is 2.14. The molecule has 1 rings (SSSR count). The molecular formula is C10H24N2. The zero-order valence-corrected chi connectivity index (χ0v) is 9.30. The molecule has 0 amide bonds. The monoisotopic (exact) mass is 172 g/mol. The second kappa shape index (κ2) is 6.44. The smallest absolute Gasteiger partial charge is 0.0232 e. The first-order valence-electron chi connectivity index (χ1n) is 5.12. The number of hydrogen-bond acceptors (Lipinski definition) is 2. The topological polar surface area (TPSA) is 6.48 Å². The molecule has 12 heavy (non-hydrogen) atoms. The summed E-state index contributed by atoms with van der Waals surface area (Å²) >= 11 is 0. The number of hydrogen-bond donors (Lipinski definition) is 0. The molecule has 2 heteroatoms. The summed E-state index contributed by atoms with van der Waals surface area (Å²) < 4.78 is 0. The standard InChI is InChI=1S/C8H18N2.C2H6/c1-4-9(2)7-8-5-6-10(8)3;1-2/h8H,4-7H2,1-3H3;1-2H3. The molecule has 0 aromatic carbocycles. The maximum Gasteiger partial charge on any atom is 0.0232 e. The molecule has 0 saturated carbocycles. The summed E-state index contributed by atoms with van der Waals surface area (Å²) in [5.41, 5.74) is 0.